The van der Waals surface area contributed by atoms with Crippen LogP contribution in [0.15, 0.2) is 0 Å². The van der Waals surface area contributed by atoms with E-state index in [1.165, 1.54) is 6.92 Å². The van der Waals surface area contributed by atoms with Crippen molar-refractivity contribution < 1.29 is 45.0 Å². The first-order valence-electron chi connectivity index (χ1n) is 10.1. The maximum absolute atomic E-state index is 12.1. The van der Waals surface area contributed by atoms with Crippen LogP contribution in [0.2, 0.25) is 0 Å². The third-order valence-corrected chi connectivity index (χ3v) is 5.40. The van der Waals surface area contributed by atoms with E-state index < -0.39 is 67.1 Å². The Bertz CT molecular complexity index is 532. The molecule has 0 spiro atoms. The Morgan fingerprint density at radius 3 is 2.31 bits per heavy atom. The summed E-state index contributed by atoms with van der Waals surface area (Å²) in [5, 5.41) is 62.6. The van der Waals surface area contributed by atoms with E-state index in [0.717, 1.165) is 25.7 Å². The van der Waals surface area contributed by atoms with Gasteiger partial charge in [0.1, 0.15) is 18.3 Å². The van der Waals surface area contributed by atoms with Crippen LogP contribution in [0.25, 0.3) is 0 Å². The van der Waals surface area contributed by atoms with Gasteiger partial charge in [0.25, 0.3) is 0 Å². The molecule has 0 radical (unpaired) electrons. The molecule has 0 saturated carbocycles. The van der Waals surface area contributed by atoms with Crippen LogP contribution in [0.3, 0.4) is 0 Å². The summed E-state index contributed by atoms with van der Waals surface area (Å²) in [4.78, 5) is 23.5. The molecule has 1 amide bonds. The zero-order valence-electron chi connectivity index (χ0n) is 17.0. The highest BCUT2D eigenvalue weighted by Crippen LogP contribution is 2.36. The van der Waals surface area contributed by atoms with Crippen molar-refractivity contribution in [3.8, 4) is 0 Å². The topological polar surface area (TPSA) is 177 Å². The van der Waals surface area contributed by atoms with Gasteiger partial charge in [-0.3, -0.25) is 4.79 Å². The van der Waals surface area contributed by atoms with Crippen molar-refractivity contribution in [1.82, 2.24) is 5.32 Å². The summed E-state index contributed by atoms with van der Waals surface area (Å²) < 4.78 is 5.60. The lowest BCUT2D eigenvalue weighted by atomic mass is 9.79. The number of carboxylic acid groups (broad SMARTS) is 1. The molecule has 1 aliphatic heterocycles. The molecule has 170 valence electrons. The first-order valence-corrected chi connectivity index (χ1v) is 10.1. The molecule has 0 bridgehead atoms. The number of rotatable bonds is 12. The number of aliphatic carboxylic acids is 1. The molecule has 10 nitrogen and oxygen atoms in total. The molecule has 10 heteroatoms. The summed E-state index contributed by atoms with van der Waals surface area (Å²) in [6.45, 7) is 2.38. The molecule has 1 aliphatic rings. The van der Waals surface area contributed by atoms with Crippen molar-refractivity contribution in [2.45, 2.75) is 101 Å². The molecule has 7 N–H and O–H groups in total. The summed E-state index contributed by atoms with van der Waals surface area (Å²) in [6.07, 6.45) is -4.04. The number of carboxylic acids is 1. The Morgan fingerprint density at radius 1 is 1.17 bits per heavy atom. The Hall–Kier alpha value is -1.30. The lowest BCUT2D eigenvalue weighted by molar-refractivity contribution is -0.252. The van der Waals surface area contributed by atoms with Crippen molar-refractivity contribution in [2.75, 3.05) is 6.61 Å². The van der Waals surface area contributed by atoms with Crippen LogP contribution in [0.4, 0.5) is 0 Å². The second kappa shape index (κ2) is 11.8. The largest absolute Gasteiger partial charge is 0.479 e. The van der Waals surface area contributed by atoms with E-state index in [9.17, 15) is 35.1 Å². The predicted molar refractivity (Wildman–Crippen MR) is 102 cm³/mol. The molecular weight excluding hydrogens is 386 g/mol. The fourth-order valence-electron chi connectivity index (χ4n) is 3.71. The Kier molecular flexibility index (Phi) is 10.4. The Balaban J connectivity index is 3.08. The van der Waals surface area contributed by atoms with Crippen LogP contribution in [0.1, 0.15) is 58.8 Å². The number of hydrogen-bond acceptors (Lipinski definition) is 8. The van der Waals surface area contributed by atoms with Gasteiger partial charge in [-0.15, -0.1) is 0 Å². The summed E-state index contributed by atoms with van der Waals surface area (Å²) >= 11 is 0. The minimum atomic E-state index is -2.22. The summed E-state index contributed by atoms with van der Waals surface area (Å²) in [5.41, 5.74) is -2.22. The van der Waals surface area contributed by atoms with Gasteiger partial charge in [0.2, 0.25) is 5.91 Å². The number of amides is 1. The van der Waals surface area contributed by atoms with Gasteiger partial charge in [-0.2, -0.15) is 0 Å². The number of ether oxygens (including phenoxy) is 1. The highest BCUT2D eigenvalue weighted by Gasteiger charge is 2.57. The Morgan fingerprint density at radius 2 is 1.79 bits per heavy atom. The second-order valence-electron chi connectivity index (χ2n) is 7.73. The van der Waals surface area contributed by atoms with Crippen molar-refractivity contribution in [1.29, 1.82) is 0 Å². The standard InChI is InChI=1S/C19H35NO9/c1-3-4-5-6-7-8-14(25)19(18(27)28)9-12(23)15(20-11(2)22)17(29-19)16(26)13(24)10-21/h12-17,21,23-26H,3-10H2,1-2H3,(H,20,22)(H,27,28)/t12-,13+,14?,15+,16+,17+,19-/m0/s1. The second-order valence-corrected chi connectivity index (χ2v) is 7.73. The molecule has 1 fully saturated rings. The quantitative estimate of drug-likeness (QED) is 0.193. The third-order valence-electron chi connectivity index (χ3n) is 5.40. The third kappa shape index (κ3) is 6.59. The SMILES string of the molecule is CCCCCCCC(O)[C@]1(C(=O)O)C[C@H](O)[C@@H](NC(C)=O)[C@H]([C@H](O)[C@H](O)CO)O1. The van der Waals surface area contributed by atoms with E-state index in [4.69, 9.17) is 9.84 Å². The zero-order chi connectivity index (χ0) is 22.2. The number of carbonyl (C=O) groups is 2. The molecular formula is C19H35NO9. The maximum atomic E-state index is 12.1. The van der Waals surface area contributed by atoms with E-state index in [1.54, 1.807) is 0 Å². The van der Waals surface area contributed by atoms with Gasteiger partial charge >= 0.3 is 5.97 Å². The monoisotopic (exact) mass is 421 g/mol. The van der Waals surface area contributed by atoms with Crippen molar-refractivity contribution in [3.63, 3.8) is 0 Å². The van der Waals surface area contributed by atoms with Gasteiger partial charge in [0.15, 0.2) is 5.60 Å². The molecule has 1 heterocycles. The highest BCUT2D eigenvalue weighted by atomic mass is 16.6. The molecule has 1 rings (SSSR count). The number of hydrogen-bond donors (Lipinski definition) is 7. The van der Waals surface area contributed by atoms with Crippen LogP contribution >= 0.6 is 0 Å². The zero-order valence-corrected chi connectivity index (χ0v) is 17.0. The van der Waals surface area contributed by atoms with Crippen LogP contribution < -0.4 is 5.32 Å². The Labute approximate surface area is 170 Å². The van der Waals surface area contributed by atoms with Gasteiger partial charge < -0.3 is 40.7 Å². The lowest BCUT2D eigenvalue weighted by Gasteiger charge is -2.48. The van der Waals surface area contributed by atoms with Crippen molar-refractivity contribution in [3.05, 3.63) is 0 Å². The van der Waals surface area contributed by atoms with E-state index in [1.807, 2.05) is 0 Å². The van der Waals surface area contributed by atoms with Gasteiger partial charge in [-0.1, -0.05) is 39.0 Å². The predicted octanol–water partition coefficient (Wildman–Crippen LogP) is -1.10. The molecule has 1 unspecified atom stereocenters. The highest BCUT2D eigenvalue weighted by molar-refractivity contribution is 5.79. The van der Waals surface area contributed by atoms with E-state index in [-0.39, 0.29) is 6.42 Å². The molecule has 0 aromatic rings. The first-order chi connectivity index (χ1) is 13.6. The molecule has 0 aliphatic carbocycles. The minimum Gasteiger partial charge on any atom is -0.479 e. The molecule has 0 aromatic carbocycles. The number of aliphatic hydroxyl groups excluding tert-OH is 5. The van der Waals surface area contributed by atoms with Gasteiger partial charge in [-0.05, 0) is 6.42 Å². The van der Waals surface area contributed by atoms with E-state index in [2.05, 4.69) is 12.2 Å². The molecule has 29 heavy (non-hydrogen) atoms. The smallest absolute Gasteiger partial charge is 0.338 e. The lowest BCUT2D eigenvalue weighted by Crippen LogP contribution is -2.69. The van der Waals surface area contributed by atoms with Crippen LogP contribution in [-0.4, -0.2) is 91.3 Å². The van der Waals surface area contributed by atoms with Gasteiger partial charge in [-0.25, -0.2) is 4.79 Å². The summed E-state index contributed by atoms with van der Waals surface area (Å²) in [7, 11) is 0. The van der Waals surface area contributed by atoms with Crippen molar-refractivity contribution in [2.24, 2.45) is 0 Å². The van der Waals surface area contributed by atoms with E-state index >= 15 is 0 Å². The molecule has 0 aromatic heterocycles. The number of aliphatic hydroxyl groups is 5. The summed E-state index contributed by atoms with van der Waals surface area (Å²) in [6, 6.07) is -1.23. The molecule has 7 atom stereocenters. The molecule has 1 saturated heterocycles. The van der Waals surface area contributed by atoms with Gasteiger partial charge in [0.05, 0.1) is 24.9 Å². The van der Waals surface area contributed by atoms with Crippen LogP contribution in [-0.2, 0) is 14.3 Å². The maximum Gasteiger partial charge on any atom is 0.338 e. The number of unbranched alkanes of at least 4 members (excludes halogenated alkanes) is 4. The summed E-state index contributed by atoms with van der Waals surface area (Å²) in [5.74, 6) is -2.08. The average Bonchev–Trinajstić information content (AvgIpc) is 2.67. The normalized spacial score (nSPS) is 30.4. The fourth-order valence-corrected chi connectivity index (χ4v) is 3.71. The van der Waals surface area contributed by atoms with Gasteiger partial charge in [0, 0.05) is 13.3 Å². The fraction of sp³-hybridized carbons (Fsp3) is 0.895. The number of nitrogens with one attached hydrogen (secondary N) is 1. The van der Waals surface area contributed by atoms with Crippen LogP contribution in [0, 0.1) is 0 Å². The first kappa shape index (κ1) is 25.7. The van der Waals surface area contributed by atoms with E-state index in [0.29, 0.717) is 6.42 Å². The van der Waals surface area contributed by atoms with Crippen LogP contribution in [0.5, 0.6) is 0 Å². The van der Waals surface area contributed by atoms with Crippen molar-refractivity contribution >= 4 is 11.9 Å². The average molecular weight is 421 g/mol. The minimum absolute atomic E-state index is 0.110. The number of carbonyl (C=O) groups excluding carboxylic acids is 1.